The molecule has 0 atom stereocenters. The highest BCUT2D eigenvalue weighted by molar-refractivity contribution is 6.32. The van der Waals surface area contributed by atoms with Crippen molar-refractivity contribution in [1.82, 2.24) is 10.4 Å². The second-order valence-corrected chi connectivity index (χ2v) is 5.80. The lowest BCUT2D eigenvalue weighted by Crippen LogP contribution is -2.18. The maximum atomic E-state index is 12.1. The van der Waals surface area contributed by atoms with E-state index in [4.69, 9.17) is 16.3 Å². The number of carbonyl (C=O) groups excluding carboxylic acids is 1. The lowest BCUT2D eigenvalue weighted by atomic mass is 10.1. The topological polar surface area (TPSA) is 63.6 Å². The molecule has 1 aromatic heterocycles. The zero-order valence-electron chi connectivity index (χ0n) is 13.8. The van der Waals surface area contributed by atoms with Crippen LogP contribution in [0.15, 0.2) is 53.6 Å². The Morgan fingerprint density at radius 2 is 2.04 bits per heavy atom. The molecule has 2 aromatic carbocycles. The highest BCUT2D eigenvalue weighted by Gasteiger charge is 2.07. The Balaban J connectivity index is 1.80. The second-order valence-electron chi connectivity index (χ2n) is 5.44. The minimum absolute atomic E-state index is 0.274. The van der Waals surface area contributed by atoms with E-state index in [1.807, 2.05) is 49.4 Å². The molecule has 0 spiro atoms. The van der Waals surface area contributed by atoms with Crippen LogP contribution in [0.4, 0.5) is 0 Å². The number of benzene rings is 2. The first-order valence-corrected chi connectivity index (χ1v) is 7.99. The molecule has 5 nitrogen and oxygen atoms in total. The van der Waals surface area contributed by atoms with Gasteiger partial charge in [-0.2, -0.15) is 5.10 Å². The van der Waals surface area contributed by atoms with Gasteiger partial charge in [-0.3, -0.25) is 4.79 Å². The van der Waals surface area contributed by atoms with Crippen molar-refractivity contribution in [3.63, 3.8) is 0 Å². The van der Waals surface area contributed by atoms with Crippen molar-refractivity contribution in [3.05, 3.63) is 70.4 Å². The van der Waals surface area contributed by atoms with Gasteiger partial charge in [-0.25, -0.2) is 10.4 Å². The normalized spacial score (nSPS) is 11.0. The molecule has 0 aliphatic carbocycles. The number of fused-ring (bicyclic) bond motifs is 1. The van der Waals surface area contributed by atoms with E-state index in [0.717, 1.165) is 16.5 Å². The van der Waals surface area contributed by atoms with Gasteiger partial charge in [-0.1, -0.05) is 29.8 Å². The minimum Gasteiger partial charge on any atom is -0.497 e. The van der Waals surface area contributed by atoms with Crippen LogP contribution in [-0.4, -0.2) is 24.2 Å². The van der Waals surface area contributed by atoms with E-state index < -0.39 is 0 Å². The van der Waals surface area contributed by atoms with Crippen LogP contribution in [0.25, 0.3) is 10.9 Å². The van der Waals surface area contributed by atoms with E-state index in [1.165, 1.54) is 6.21 Å². The molecule has 1 heterocycles. The number of pyridine rings is 1. The van der Waals surface area contributed by atoms with Crippen LogP contribution < -0.4 is 10.2 Å². The number of methoxy groups -OCH3 is 1. The quantitative estimate of drug-likeness (QED) is 0.438. The number of aromatic nitrogens is 1. The van der Waals surface area contributed by atoms with Crippen molar-refractivity contribution in [2.24, 2.45) is 5.10 Å². The van der Waals surface area contributed by atoms with E-state index in [1.54, 1.807) is 13.2 Å². The Kier molecular flexibility index (Phi) is 4.95. The summed E-state index contributed by atoms with van der Waals surface area (Å²) >= 11 is 6.20. The largest absolute Gasteiger partial charge is 0.497 e. The van der Waals surface area contributed by atoms with Gasteiger partial charge in [0.25, 0.3) is 5.91 Å². The molecule has 0 saturated heterocycles. The SMILES string of the molecule is COc1ccc2cc(/C=N\NC(=O)c3ccccc3C)c(Cl)nc2c1. The molecule has 1 N–H and O–H groups in total. The standard InChI is InChI=1S/C19H16ClN3O2/c1-12-5-3-4-6-16(12)19(24)23-21-11-14-9-13-7-8-15(25-2)10-17(13)22-18(14)20/h3-11H,1-2H3,(H,23,24)/b21-11-. The fourth-order valence-corrected chi connectivity index (χ4v) is 2.60. The van der Waals surface area contributed by atoms with Crippen LogP contribution in [0.2, 0.25) is 5.15 Å². The lowest BCUT2D eigenvalue weighted by molar-refractivity contribution is 0.0954. The molecular weight excluding hydrogens is 338 g/mol. The molecule has 0 unspecified atom stereocenters. The Morgan fingerprint density at radius 1 is 1.24 bits per heavy atom. The lowest BCUT2D eigenvalue weighted by Gasteiger charge is -2.05. The molecule has 6 heteroatoms. The smallest absolute Gasteiger partial charge is 0.271 e. The highest BCUT2D eigenvalue weighted by Crippen LogP contribution is 2.23. The fraction of sp³-hybridized carbons (Fsp3) is 0.105. The van der Waals surface area contributed by atoms with Gasteiger partial charge in [0.15, 0.2) is 0 Å². The molecule has 0 fully saturated rings. The number of amides is 1. The molecule has 126 valence electrons. The second kappa shape index (κ2) is 7.32. The fourth-order valence-electron chi connectivity index (χ4n) is 2.41. The van der Waals surface area contributed by atoms with Crippen molar-refractivity contribution < 1.29 is 9.53 Å². The molecular formula is C19H16ClN3O2. The third-order valence-electron chi connectivity index (χ3n) is 3.76. The molecule has 0 aliphatic heterocycles. The number of aryl methyl sites for hydroxylation is 1. The van der Waals surface area contributed by atoms with Crippen LogP contribution >= 0.6 is 11.6 Å². The van der Waals surface area contributed by atoms with E-state index >= 15 is 0 Å². The molecule has 3 rings (SSSR count). The predicted molar refractivity (Wildman–Crippen MR) is 99.5 cm³/mol. The summed E-state index contributed by atoms with van der Waals surface area (Å²) in [6.45, 7) is 1.87. The van der Waals surface area contributed by atoms with Gasteiger partial charge in [0.05, 0.1) is 18.8 Å². The van der Waals surface area contributed by atoms with Crippen molar-refractivity contribution in [2.75, 3.05) is 7.11 Å². The number of nitrogens with one attached hydrogen (secondary N) is 1. The number of halogens is 1. The van der Waals surface area contributed by atoms with E-state index in [0.29, 0.717) is 22.0 Å². The van der Waals surface area contributed by atoms with Crippen molar-refractivity contribution in [1.29, 1.82) is 0 Å². The average molecular weight is 354 g/mol. The third kappa shape index (κ3) is 3.78. The van der Waals surface area contributed by atoms with Crippen LogP contribution in [0, 0.1) is 6.92 Å². The van der Waals surface area contributed by atoms with E-state index in [9.17, 15) is 4.79 Å². The number of hydrazone groups is 1. The summed E-state index contributed by atoms with van der Waals surface area (Å²) < 4.78 is 5.18. The molecule has 0 aliphatic rings. The number of rotatable bonds is 4. The molecule has 0 radical (unpaired) electrons. The number of carbonyl (C=O) groups is 1. The van der Waals surface area contributed by atoms with Gasteiger partial charge in [0.2, 0.25) is 0 Å². The van der Waals surface area contributed by atoms with E-state index in [-0.39, 0.29) is 5.91 Å². The summed E-state index contributed by atoms with van der Waals surface area (Å²) in [5.41, 5.74) is 5.31. The third-order valence-corrected chi connectivity index (χ3v) is 4.07. The van der Waals surface area contributed by atoms with Gasteiger partial charge >= 0.3 is 0 Å². The summed E-state index contributed by atoms with van der Waals surface area (Å²) in [5, 5.41) is 5.19. The van der Waals surface area contributed by atoms with Crippen molar-refractivity contribution in [2.45, 2.75) is 6.92 Å². The molecule has 3 aromatic rings. The van der Waals surface area contributed by atoms with E-state index in [2.05, 4.69) is 15.5 Å². The number of ether oxygens (including phenoxy) is 1. The summed E-state index contributed by atoms with van der Waals surface area (Å²) in [7, 11) is 1.60. The zero-order chi connectivity index (χ0) is 17.8. The van der Waals surface area contributed by atoms with Crippen LogP contribution in [-0.2, 0) is 0 Å². The maximum Gasteiger partial charge on any atom is 0.271 e. The predicted octanol–water partition coefficient (Wildman–Crippen LogP) is 3.97. The van der Waals surface area contributed by atoms with Gasteiger partial charge in [0, 0.05) is 22.6 Å². The van der Waals surface area contributed by atoms with Gasteiger partial charge in [0.1, 0.15) is 10.9 Å². The first-order chi connectivity index (χ1) is 12.1. The zero-order valence-corrected chi connectivity index (χ0v) is 14.5. The van der Waals surface area contributed by atoms with Gasteiger partial charge < -0.3 is 4.74 Å². The first kappa shape index (κ1) is 16.9. The van der Waals surface area contributed by atoms with Crippen molar-refractivity contribution >= 4 is 34.6 Å². The van der Waals surface area contributed by atoms with Crippen LogP contribution in [0.5, 0.6) is 5.75 Å². The first-order valence-electron chi connectivity index (χ1n) is 7.62. The monoisotopic (exact) mass is 353 g/mol. The molecule has 1 amide bonds. The Labute approximate surface area is 150 Å². The summed E-state index contributed by atoms with van der Waals surface area (Å²) in [6, 6.07) is 14.7. The van der Waals surface area contributed by atoms with Crippen LogP contribution in [0.3, 0.4) is 0 Å². The molecule has 25 heavy (non-hydrogen) atoms. The number of nitrogens with zero attached hydrogens (tertiary/aromatic N) is 2. The molecule has 0 saturated carbocycles. The Bertz CT molecular complexity index is 970. The Morgan fingerprint density at radius 3 is 2.80 bits per heavy atom. The minimum atomic E-state index is -0.274. The van der Waals surface area contributed by atoms with Crippen molar-refractivity contribution in [3.8, 4) is 5.75 Å². The maximum absolute atomic E-state index is 12.1. The van der Waals surface area contributed by atoms with Crippen LogP contribution in [0.1, 0.15) is 21.5 Å². The molecule has 0 bridgehead atoms. The van der Waals surface area contributed by atoms with Gasteiger partial charge in [-0.05, 0) is 36.8 Å². The summed E-state index contributed by atoms with van der Waals surface area (Å²) in [6.07, 6.45) is 1.48. The average Bonchev–Trinajstić information content (AvgIpc) is 2.62. The highest BCUT2D eigenvalue weighted by atomic mass is 35.5. The van der Waals surface area contributed by atoms with Gasteiger partial charge in [-0.15, -0.1) is 0 Å². The summed E-state index contributed by atoms with van der Waals surface area (Å²) in [4.78, 5) is 16.5. The summed E-state index contributed by atoms with van der Waals surface area (Å²) in [5.74, 6) is 0.437. The Hall–Kier alpha value is -2.92. The number of hydrogen-bond acceptors (Lipinski definition) is 4. The number of hydrogen-bond donors (Lipinski definition) is 1.